The Labute approximate surface area is 173 Å². The Hall–Kier alpha value is -3.32. The van der Waals surface area contributed by atoms with Crippen LogP contribution in [-0.4, -0.2) is 35.1 Å². The molecular formula is C22H20N2O4S. The Kier molecular flexibility index (Phi) is 6.51. The second-order valence-electron chi connectivity index (χ2n) is 6.35. The smallest absolute Gasteiger partial charge is 0.294 e. The lowest BCUT2D eigenvalue weighted by atomic mass is 10.2. The van der Waals surface area contributed by atoms with Gasteiger partial charge in [0.05, 0.1) is 4.91 Å². The first-order chi connectivity index (χ1) is 14.0. The molecule has 148 valence electrons. The van der Waals surface area contributed by atoms with Crippen molar-refractivity contribution in [1.82, 2.24) is 4.90 Å². The predicted molar refractivity (Wildman–Crippen MR) is 115 cm³/mol. The van der Waals surface area contributed by atoms with Crippen molar-refractivity contribution in [2.45, 2.75) is 6.92 Å². The van der Waals surface area contributed by atoms with E-state index in [1.165, 1.54) is 0 Å². The zero-order valence-corrected chi connectivity index (χ0v) is 16.7. The van der Waals surface area contributed by atoms with Crippen molar-refractivity contribution in [2.75, 3.05) is 18.5 Å². The average Bonchev–Trinajstić information content (AvgIpc) is 2.96. The van der Waals surface area contributed by atoms with Gasteiger partial charge in [-0.05, 0) is 54.6 Å². The van der Waals surface area contributed by atoms with Gasteiger partial charge >= 0.3 is 0 Å². The van der Waals surface area contributed by atoms with Crippen molar-refractivity contribution >= 4 is 40.6 Å². The molecule has 0 aromatic heterocycles. The molecular weight excluding hydrogens is 388 g/mol. The largest absolute Gasteiger partial charge is 0.490 e. The number of benzene rings is 2. The highest BCUT2D eigenvalue weighted by atomic mass is 32.2. The van der Waals surface area contributed by atoms with Gasteiger partial charge in [0.25, 0.3) is 11.1 Å². The summed E-state index contributed by atoms with van der Waals surface area (Å²) >= 11 is 0.819. The third-order valence-electron chi connectivity index (χ3n) is 4.06. The molecule has 1 N–H and O–H groups in total. The van der Waals surface area contributed by atoms with Crippen LogP contribution in [0.25, 0.3) is 6.08 Å². The van der Waals surface area contributed by atoms with Gasteiger partial charge in [0.1, 0.15) is 18.9 Å². The summed E-state index contributed by atoms with van der Waals surface area (Å²) in [5, 5.41) is 2.22. The lowest BCUT2D eigenvalue weighted by Gasteiger charge is -2.12. The molecule has 1 saturated heterocycles. The van der Waals surface area contributed by atoms with Crippen LogP contribution in [0.5, 0.6) is 5.75 Å². The Morgan fingerprint density at radius 3 is 2.48 bits per heavy atom. The van der Waals surface area contributed by atoms with Gasteiger partial charge in [0.15, 0.2) is 0 Å². The monoisotopic (exact) mass is 408 g/mol. The number of hydrogen-bond donors (Lipinski definition) is 1. The van der Waals surface area contributed by atoms with Gasteiger partial charge in [0, 0.05) is 5.69 Å². The highest BCUT2D eigenvalue weighted by molar-refractivity contribution is 8.18. The molecule has 0 saturated carbocycles. The third kappa shape index (κ3) is 5.36. The molecule has 1 heterocycles. The Morgan fingerprint density at radius 2 is 1.83 bits per heavy atom. The number of rotatable bonds is 7. The zero-order chi connectivity index (χ0) is 20.8. The Bertz CT molecular complexity index is 965. The van der Waals surface area contributed by atoms with Crippen LogP contribution in [0.15, 0.2) is 66.1 Å². The molecule has 0 bridgehead atoms. The van der Waals surface area contributed by atoms with Crippen LogP contribution >= 0.6 is 11.8 Å². The molecule has 1 aliphatic rings. The van der Waals surface area contributed by atoms with Crippen molar-refractivity contribution in [3.8, 4) is 5.75 Å². The lowest BCUT2D eigenvalue weighted by Crippen LogP contribution is -2.36. The number of amides is 3. The van der Waals surface area contributed by atoms with Crippen LogP contribution in [-0.2, 0) is 9.59 Å². The van der Waals surface area contributed by atoms with Crippen LogP contribution in [0.4, 0.5) is 10.5 Å². The summed E-state index contributed by atoms with van der Waals surface area (Å²) in [7, 11) is 0. The molecule has 7 heteroatoms. The van der Waals surface area contributed by atoms with Crippen molar-refractivity contribution in [1.29, 1.82) is 0 Å². The van der Waals surface area contributed by atoms with Gasteiger partial charge in [-0.25, -0.2) is 0 Å². The highest BCUT2D eigenvalue weighted by Crippen LogP contribution is 2.32. The van der Waals surface area contributed by atoms with Crippen molar-refractivity contribution in [3.63, 3.8) is 0 Å². The topological polar surface area (TPSA) is 75.7 Å². The maximum Gasteiger partial charge on any atom is 0.294 e. The summed E-state index contributed by atoms with van der Waals surface area (Å²) in [6, 6.07) is 14.4. The highest BCUT2D eigenvalue weighted by Gasteiger charge is 2.36. The minimum absolute atomic E-state index is 0.276. The molecule has 0 atom stereocenters. The van der Waals surface area contributed by atoms with Crippen molar-refractivity contribution < 1.29 is 19.1 Å². The zero-order valence-electron chi connectivity index (χ0n) is 15.9. The van der Waals surface area contributed by atoms with E-state index in [2.05, 4.69) is 11.9 Å². The van der Waals surface area contributed by atoms with Crippen molar-refractivity contribution in [3.05, 3.63) is 77.2 Å². The first-order valence-electron chi connectivity index (χ1n) is 8.92. The van der Waals surface area contributed by atoms with E-state index in [-0.39, 0.29) is 11.4 Å². The van der Waals surface area contributed by atoms with Gasteiger partial charge in [0.2, 0.25) is 5.91 Å². The first-order valence-corrected chi connectivity index (χ1v) is 9.73. The van der Waals surface area contributed by atoms with Gasteiger partial charge in [-0.2, -0.15) is 0 Å². The van der Waals surface area contributed by atoms with E-state index in [0.29, 0.717) is 18.0 Å². The first kappa shape index (κ1) is 20.4. The molecule has 0 unspecified atom stereocenters. The van der Waals surface area contributed by atoms with Crippen molar-refractivity contribution in [2.24, 2.45) is 0 Å². The van der Waals surface area contributed by atoms with Crippen LogP contribution in [0, 0.1) is 6.92 Å². The predicted octanol–water partition coefficient (Wildman–Crippen LogP) is 4.23. The summed E-state index contributed by atoms with van der Waals surface area (Å²) in [5.74, 6) is -0.227. The number of hydrogen-bond acceptors (Lipinski definition) is 5. The number of nitrogens with zero attached hydrogens (tertiary/aromatic N) is 1. The fourth-order valence-corrected chi connectivity index (χ4v) is 3.42. The molecule has 0 aliphatic carbocycles. The molecule has 1 aliphatic heterocycles. The minimum Gasteiger partial charge on any atom is -0.490 e. The maximum absolute atomic E-state index is 12.6. The number of thioether (sulfide) groups is 1. The van der Waals surface area contributed by atoms with Crippen LogP contribution in [0.3, 0.4) is 0 Å². The lowest BCUT2D eigenvalue weighted by molar-refractivity contribution is -0.127. The molecule has 3 rings (SSSR count). The molecule has 0 spiro atoms. The van der Waals surface area contributed by atoms with Crippen LogP contribution in [0.1, 0.15) is 11.1 Å². The number of nitrogens with one attached hydrogen (secondary N) is 1. The van der Waals surface area contributed by atoms with Gasteiger partial charge in [-0.15, -0.1) is 0 Å². The van der Waals surface area contributed by atoms with Gasteiger partial charge < -0.3 is 10.1 Å². The summed E-state index contributed by atoms with van der Waals surface area (Å²) < 4.78 is 5.42. The quantitative estimate of drug-likeness (QED) is 0.548. The Balaban J connectivity index is 1.64. The molecule has 6 nitrogen and oxygen atoms in total. The van der Waals surface area contributed by atoms with E-state index in [4.69, 9.17) is 4.74 Å². The molecule has 3 amide bonds. The van der Waals surface area contributed by atoms with Gasteiger partial charge in [-0.3, -0.25) is 19.3 Å². The molecule has 1 fully saturated rings. The fraction of sp³-hybridized carbons (Fsp3) is 0.136. The number of anilines is 1. The second-order valence-corrected chi connectivity index (χ2v) is 7.34. The number of aryl methyl sites for hydroxylation is 1. The fourth-order valence-electron chi connectivity index (χ4n) is 2.58. The number of carbonyl (C=O) groups is 3. The van der Waals surface area contributed by atoms with E-state index < -0.39 is 17.1 Å². The number of carbonyl (C=O) groups excluding carboxylic acids is 3. The van der Waals surface area contributed by atoms with E-state index in [0.717, 1.165) is 27.8 Å². The second kappa shape index (κ2) is 9.25. The van der Waals surface area contributed by atoms with Crippen LogP contribution < -0.4 is 10.1 Å². The van der Waals surface area contributed by atoms with Gasteiger partial charge in [-0.1, -0.05) is 42.5 Å². The summed E-state index contributed by atoms with van der Waals surface area (Å²) in [5.41, 5.74) is 2.44. The third-order valence-corrected chi connectivity index (χ3v) is 4.96. The molecule has 2 aromatic carbocycles. The Morgan fingerprint density at radius 1 is 1.14 bits per heavy atom. The van der Waals surface area contributed by atoms with E-state index in [1.807, 2.05) is 19.1 Å². The average molecular weight is 408 g/mol. The standard InChI is InChI=1S/C22H20N2O4S/c1-3-12-28-18-10-6-16(7-11-18)13-19-21(26)24(22(27)29-19)14-20(25)23-17-8-4-15(2)5-9-17/h3-11,13H,1,12,14H2,2H3,(H,23,25)/b19-13-. The molecule has 29 heavy (non-hydrogen) atoms. The number of imide groups is 1. The van der Waals surface area contributed by atoms with E-state index >= 15 is 0 Å². The van der Waals surface area contributed by atoms with E-state index in [9.17, 15) is 14.4 Å². The normalized spacial score (nSPS) is 14.9. The summed E-state index contributed by atoms with van der Waals surface area (Å²) in [6.07, 6.45) is 3.28. The molecule has 2 aromatic rings. The number of ether oxygens (including phenoxy) is 1. The maximum atomic E-state index is 12.6. The minimum atomic E-state index is -0.481. The summed E-state index contributed by atoms with van der Waals surface area (Å²) in [4.78, 5) is 38.2. The molecule has 0 radical (unpaired) electrons. The van der Waals surface area contributed by atoms with Crippen LogP contribution in [0.2, 0.25) is 0 Å². The summed E-state index contributed by atoms with van der Waals surface area (Å²) in [6.45, 7) is 5.61. The van der Waals surface area contributed by atoms with E-state index in [1.54, 1.807) is 48.6 Å². The SMILES string of the molecule is C=CCOc1ccc(/C=C2\SC(=O)N(CC(=O)Nc3ccc(C)cc3)C2=O)cc1.